The fourth-order valence-corrected chi connectivity index (χ4v) is 3.62. The topological polar surface area (TPSA) is 53.9 Å². The number of hydrogen-bond acceptors (Lipinski definition) is 5. The predicted molar refractivity (Wildman–Crippen MR) is 127 cm³/mol. The van der Waals surface area contributed by atoms with Gasteiger partial charge in [-0.15, -0.1) is 12.4 Å². The molecule has 1 N–H and O–H groups in total. The Labute approximate surface area is 184 Å². The average molecular weight is 471 g/mol. The van der Waals surface area contributed by atoms with Gasteiger partial charge in [-0.1, -0.05) is 40.2 Å². The molecule has 148 valence electrons. The zero-order chi connectivity index (χ0) is 19.7. The number of rotatable bonds is 4. The van der Waals surface area contributed by atoms with Gasteiger partial charge in [0.05, 0.1) is 11.1 Å². The highest BCUT2D eigenvalue weighted by molar-refractivity contribution is 9.10. The van der Waals surface area contributed by atoms with Gasteiger partial charge in [-0.2, -0.15) is 0 Å². The molecule has 4 rings (SSSR count). The molecule has 0 amide bonds. The summed E-state index contributed by atoms with van der Waals surface area (Å²) in [5.74, 6) is 0.766. The van der Waals surface area contributed by atoms with Gasteiger partial charge in [0, 0.05) is 36.9 Å². The van der Waals surface area contributed by atoms with Crippen LogP contribution >= 0.6 is 28.3 Å². The molecule has 0 aliphatic carbocycles. The molecule has 0 unspecified atom stereocenters. The molecule has 0 radical (unpaired) electrons. The highest BCUT2D eigenvalue weighted by Gasteiger charge is 2.14. The number of halogens is 2. The van der Waals surface area contributed by atoms with Gasteiger partial charge in [0.1, 0.15) is 12.1 Å². The Hall–Kier alpha value is -2.70. The lowest BCUT2D eigenvalue weighted by Crippen LogP contribution is -2.08. The molecular formula is C22H21BrClN5. The third-order valence-electron chi connectivity index (χ3n) is 4.66. The van der Waals surface area contributed by atoms with Crippen molar-refractivity contribution in [2.24, 2.45) is 0 Å². The molecule has 0 saturated heterocycles. The van der Waals surface area contributed by atoms with E-state index < -0.39 is 0 Å². The van der Waals surface area contributed by atoms with Crippen LogP contribution in [0.5, 0.6) is 0 Å². The zero-order valence-electron chi connectivity index (χ0n) is 16.3. The van der Waals surface area contributed by atoms with E-state index in [2.05, 4.69) is 78.6 Å². The first-order valence-electron chi connectivity index (χ1n) is 8.94. The molecule has 5 nitrogen and oxygen atoms in total. The molecule has 7 heteroatoms. The Kier molecular flexibility index (Phi) is 6.35. The maximum atomic E-state index is 4.82. The number of pyridine rings is 1. The molecule has 2 heterocycles. The molecule has 0 bridgehead atoms. The van der Waals surface area contributed by atoms with Gasteiger partial charge in [0.2, 0.25) is 0 Å². The summed E-state index contributed by atoms with van der Waals surface area (Å²) >= 11 is 3.58. The van der Waals surface area contributed by atoms with Crippen molar-refractivity contribution < 1.29 is 0 Å². The predicted octanol–water partition coefficient (Wildman–Crippen LogP) is 5.65. The van der Waals surface area contributed by atoms with Crippen LogP contribution in [0.15, 0.2) is 65.4 Å². The van der Waals surface area contributed by atoms with Gasteiger partial charge in [-0.05, 0) is 41.5 Å². The van der Waals surface area contributed by atoms with Gasteiger partial charge >= 0.3 is 0 Å². The Morgan fingerprint density at radius 2 is 1.69 bits per heavy atom. The Morgan fingerprint density at radius 3 is 2.34 bits per heavy atom. The second-order valence-corrected chi connectivity index (χ2v) is 7.59. The minimum absolute atomic E-state index is 0. The monoisotopic (exact) mass is 469 g/mol. The number of aromatic nitrogens is 3. The molecule has 0 aliphatic heterocycles. The second-order valence-electron chi connectivity index (χ2n) is 6.68. The van der Waals surface area contributed by atoms with Gasteiger partial charge in [0.15, 0.2) is 5.65 Å². The number of anilines is 2. The highest BCUT2D eigenvalue weighted by atomic mass is 79.9. The van der Waals surface area contributed by atoms with Crippen molar-refractivity contribution in [1.82, 2.24) is 15.0 Å². The van der Waals surface area contributed by atoms with Crippen LogP contribution in [0.4, 0.5) is 11.5 Å². The first-order valence-corrected chi connectivity index (χ1v) is 9.73. The third-order valence-corrected chi connectivity index (χ3v) is 5.15. The molecule has 4 aromatic rings. The lowest BCUT2D eigenvalue weighted by molar-refractivity contribution is 1.13. The Bertz CT molecular complexity index is 1150. The van der Waals surface area contributed by atoms with Crippen molar-refractivity contribution in [3.8, 4) is 22.4 Å². The normalized spacial score (nSPS) is 10.5. The second kappa shape index (κ2) is 8.76. The largest absolute Gasteiger partial charge is 0.378 e. The number of nitrogens with zero attached hydrogens (tertiary/aromatic N) is 4. The fraction of sp³-hybridized carbons (Fsp3) is 0.136. The summed E-state index contributed by atoms with van der Waals surface area (Å²) in [6.07, 6.45) is 1.55. The maximum absolute atomic E-state index is 4.82. The van der Waals surface area contributed by atoms with Crippen molar-refractivity contribution >= 4 is 50.9 Å². The van der Waals surface area contributed by atoms with E-state index in [1.807, 2.05) is 33.3 Å². The van der Waals surface area contributed by atoms with Crippen LogP contribution in [-0.2, 0) is 0 Å². The highest BCUT2D eigenvalue weighted by Crippen LogP contribution is 2.35. The van der Waals surface area contributed by atoms with Crippen LogP contribution in [0.1, 0.15) is 0 Å². The van der Waals surface area contributed by atoms with Crippen molar-refractivity contribution in [2.45, 2.75) is 0 Å². The molecule has 0 aliphatic rings. The molecule has 2 aromatic carbocycles. The Morgan fingerprint density at radius 1 is 0.931 bits per heavy atom. The number of nitrogens with one attached hydrogen (secondary N) is 1. The SMILES string of the molecule is CNc1ncnc2nc(-c3ccc(N(C)C)cc3)cc(-c3cccc(Br)c3)c12.Cl. The minimum atomic E-state index is 0. The molecular weight excluding hydrogens is 450 g/mol. The maximum Gasteiger partial charge on any atom is 0.165 e. The molecule has 2 aromatic heterocycles. The van der Waals surface area contributed by atoms with Crippen LogP contribution in [0.3, 0.4) is 0 Å². The summed E-state index contributed by atoms with van der Waals surface area (Å²) in [5, 5.41) is 4.08. The van der Waals surface area contributed by atoms with Crippen molar-refractivity contribution in [3.05, 3.63) is 65.4 Å². The summed E-state index contributed by atoms with van der Waals surface area (Å²) in [6.45, 7) is 0. The van der Waals surface area contributed by atoms with Gasteiger partial charge in [0.25, 0.3) is 0 Å². The summed E-state index contributed by atoms with van der Waals surface area (Å²) in [7, 11) is 5.93. The van der Waals surface area contributed by atoms with E-state index in [4.69, 9.17) is 4.98 Å². The van der Waals surface area contributed by atoms with Crippen LogP contribution < -0.4 is 10.2 Å². The summed E-state index contributed by atoms with van der Waals surface area (Å²) < 4.78 is 1.02. The van der Waals surface area contributed by atoms with Gasteiger partial charge in [-0.25, -0.2) is 15.0 Å². The fourth-order valence-electron chi connectivity index (χ4n) is 3.22. The van der Waals surface area contributed by atoms with Gasteiger partial charge < -0.3 is 10.2 Å². The zero-order valence-corrected chi connectivity index (χ0v) is 18.8. The molecule has 0 saturated carbocycles. The van der Waals surface area contributed by atoms with E-state index in [1.54, 1.807) is 6.33 Å². The van der Waals surface area contributed by atoms with Crippen LogP contribution in [0, 0.1) is 0 Å². The Balaban J connectivity index is 0.00000240. The quantitative estimate of drug-likeness (QED) is 0.418. The van der Waals surface area contributed by atoms with E-state index >= 15 is 0 Å². The van der Waals surface area contributed by atoms with E-state index in [9.17, 15) is 0 Å². The van der Waals surface area contributed by atoms with E-state index in [-0.39, 0.29) is 12.4 Å². The van der Waals surface area contributed by atoms with Crippen LogP contribution in [0.2, 0.25) is 0 Å². The lowest BCUT2D eigenvalue weighted by Gasteiger charge is -2.14. The summed E-state index contributed by atoms with van der Waals surface area (Å²) in [5.41, 5.74) is 5.88. The smallest absolute Gasteiger partial charge is 0.165 e. The summed E-state index contributed by atoms with van der Waals surface area (Å²) in [4.78, 5) is 15.7. The first-order chi connectivity index (χ1) is 13.6. The van der Waals surface area contributed by atoms with E-state index in [0.29, 0.717) is 5.65 Å². The average Bonchev–Trinajstić information content (AvgIpc) is 2.72. The molecule has 29 heavy (non-hydrogen) atoms. The van der Waals surface area contributed by atoms with E-state index in [1.165, 1.54) is 0 Å². The summed E-state index contributed by atoms with van der Waals surface area (Å²) in [6, 6.07) is 18.7. The molecule has 0 spiro atoms. The van der Waals surface area contributed by atoms with Crippen LogP contribution in [-0.4, -0.2) is 36.1 Å². The first kappa shape index (κ1) is 21.0. The minimum Gasteiger partial charge on any atom is -0.378 e. The number of benzene rings is 2. The molecule has 0 atom stereocenters. The van der Waals surface area contributed by atoms with Crippen molar-refractivity contribution in [2.75, 3.05) is 31.4 Å². The van der Waals surface area contributed by atoms with Crippen molar-refractivity contribution in [1.29, 1.82) is 0 Å². The van der Waals surface area contributed by atoms with E-state index in [0.717, 1.165) is 43.7 Å². The standard InChI is InChI=1S/C22H20BrN5.ClH/c1-24-21-20-18(15-5-4-6-16(23)11-15)12-19(27-22(20)26-13-25-21)14-7-9-17(10-8-14)28(2)3;/h4-13H,1-3H3,(H,24,25,26,27);1H. The molecule has 0 fully saturated rings. The lowest BCUT2D eigenvalue weighted by atomic mass is 9.99. The van der Waals surface area contributed by atoms with Crippen LogP contribution in [0.25, 0.3) is 33.4 Å². The number of hydrogen-bond donors (Lipinski definition) is 1. The van der Waals surface area contributed by atoms with Crippen molar-refractivity contribution in [3.63, 3.8) is 0 Å². The van der Waals surface area contributed by atoms with Gasteiger partial charge in [-0.3, -0.25) is 0 Å². The number of fused-ring (bicyclic) bond motifs is 1. The third kappa shape index (κ3) is 4.18.